The summed E-state index contributed by atoms with van der Waals surface area (Å²) in [5.74, 6) is -0.111. The molecular formula is C21H25N3O3S. The average molecular weight is 400 g/mol. The zero-order valence-electron chi connectivity index (χ0n) is 15.9. The van der Waals surface area contributed by atoms with E-state index < -0.39 is 0 Å². The summed E-state index contributed by atoms with van der Waals surface area (Å²) in [7, 11) is 0. The molecule has 0 unspecified atom stereocenters. The number of amides is 3. The molecule has 0 saturated carbocycles. The Bertz CT molecular complexity index is 843. The first-order valence-corrected chi connectivity index (χ1v) is 10.7. The van der Waals surface area contributed by atoms with Crippen LogP contribution in [0.1, 0.15) is 42.7 Å². The van der Waals surface area contributed by atoms with E-state index in [1.165, 1.54) is 10.4 Å². The number of ether oxygens (including phenoxy) is 1. The highest BCUT2D eigenvalue weighted by molar-refractivity contribution is 7.10. The third-order valence-corrected chi connectivity index (χ3v) is 6.36. The SMILES string of the molecule is CC[C@@H]1c2ccsc2CCN1C(=O)Nc1ccc(NC(=O)[C@@H]2CCCO2)cc1. The van der Waals surface area contributed by atoms with Crippen LogP contribution < -0.4 is 10.6 Å². The molecule has 148 valence electrons. The molecule has 1 aromatic heterocycles. The van der Waals surface area contributed by atoms with Crippen molar-refractivity contribution < 1.29 is 14.3 Å². The van der Waals surface area contributed by atoms with Crippen molar-refractivity contribution in [2.45, 2.75) is 44.8 Å². The van der Waals surface area contributed by atoms with Gasteiger partial charge in [-0.05, 0) is 67.0 Å². The van der Waals surface area contributed by atoms with Gasteiger partial charge in [-0.3, -0.25) is 4.79 Å². The average Bonchev–Trinajstić information content (AvgIpc) is 3.40. The molecule has 0 radical (unpaired) electrons. The van der Waals surface area contributed by atoms with Crippen LogP contribution in [0.4, 0.5) is 16.2 Å². The van der Waals surface area contributed by atoms with E-state index in [1.807, 2.05) is 17.0 Å². The van der Waals surface area contributed by atoms with Crippen LogP contribution in [0.5, 0.6) is 0 Å². The standard InChI is InChI=1S/C21H25N3O3S/c1-2-17-16-10-13-28-19(16)9-11-24(17)21(26)23-15-7-5-14(6-8-15)22-20(25)18-4-3-12-27-18/h5-8,10,13,17-18H,2-4,9,11-12H2,1H3,(H,22,25)(H,23,26)/t17-,18+/m1/s1. The predicted octanol–water partition coefficient (Wildman–Crippen LogP) is 4.41. The number of nitrogens with one attached hydrogen (secondary N) is 2. The zero-order valence-corrected chi connectivity index (χ0v) is 16.8. The number of urea groups is 1. The van der Waals surface area contributed by atoms with E-state index in [2.05, 4.69) is 29.0 Å². The second kappa shape index (κ2) is 8.32. The van der Waals surface area contributed by atoms with Crippen molar-refractivity contribution in [3.8, 4) is 0 Å². The van der Waals surface area contributed by atoms with E-state index >= 15 is 0 Å². The molecule has 2 aliphatic rings. The van der Waals surface area contributed by atoms with Gasteiger partial charge in [0.05, 0.1) is 6.04 Å². The third-order valence-electron chi connectivity index (χ3n) is 5.37. The highest BCUT2D eigenvalue weighted by atomic mass is 32.1. The van der Waals surface area contributed by atoms with Gasteiger partial charge in [-0.1, -0.05) is 6.92 Å². The third kappa shape index (κ3) is 3.91. The summed E-state index contributed by atoms with van der Waals surface area (Å²) in [5.41, 5.74) is 2.69. The Hall–Kier alpha value is -2.38. The van der Waals surface area contributed by atoms with Gasteiger partial charge in [0.2, 0.25) is 0 Å². The van der Waals surface area contributed by atoms with Crippen molar-refractivity contribution in [1.29, 1.82) is 0 Å². The maximum absolute atomic E-state index is 12.8. The first-order valence-electron chi connectivity index (χ1n) is 9.82. The maximum Gasteiger partial charge on any atom is 0.322 e. The summed E-state index contributed by atoms with van der Waals surface area (Å²) < 4.78 is 5.40. The van der Waals surface area contributed by atoms with Crippen molar-refractivity contribution >= 4 is 34.6 Å². The lowest BCUT2D eigenvalue weighted by Crippen LogP contribution is -2.41. The summed E-state index contributed by atoms with van der Waals surface area (Å²) in [5, 5.41) is 7.96. The molecule has 2 atom stereocenters. The van der Waals surface area contributed by atoms with Gasteiger partial charge in [0.15, 0.2) is 0 Å². The first-order chi connectivity index (χ1) is 13.7. The number of hydrogen-bond donors (Lipinski definition) is 2. The summed E-state index contributed by atoms with van der Waals surface area (Å²) in [4.78, 5) is 28.3. The van der Waals surface area contributed by atoms with Crippen LogP contribution in [-0.2, 0) is 16.0 Å². The first kappa shape index (κ1) is 19.0. The Labute approximate surface area is 168 Å². The molecule has 0 spiro atoms. The second-order valence-corrected chi connectivity index (χ2v) is 8.17. The van der Waals surface area contributed by atoms with Crippen LogP contribution in [0, 0.1) is 0 Å². The molecule has 4 rings (SSSR count). The molecule has 3 heterocycles. The van der Waals surface area contributed by atoms with Crippen LogP contribution >= 0.6 is 11.3 Å². The molecule has 1 aromatic carbocycles. The Morgan fingerprint density at radius 3 is 2.61 bits per heavy atom. The normalized spacial score (nSPS) is 21.2. The quantitative estimate of drug-likeness (QED) is 0.800. The van der Waals surface area contributed by atoms with Gasteiger partial charge < -0.3 is 20.3 Å². The molecule has 2 aliphatic heterocycles. The van der Waals surface area contributed by atoms with Gasteiger partial charge in [0, 0.05) is 29.4 Å². The second-order valence-electron chi connectivity index (χ2n) is 7.16. The molecule has 6 nitrogen and oxygen atoms in total. The van der Waals surface area contributed by atoms with Gasteiger partial charge in [-0.25, -0.2) is 4.79 Å². The number of nitrogens with zero attached hydrogens (tertiary/aromatic N) is 1. The number of anilines is 2. The Balaban J connectivity index is 1.37. The van der Waals surface area contributed by atoms with Crippen LogP contribution in [-0.4, -0.2) is 36.1 Å². The van der Waals surface area contributed by atoms with Gasteiger partial charge >= 0.3 is 6.03 Å². The summed E-state index contributed by atoms with van der Waals surface area (Å²) >= 11 is 1.78. The van der Waals surface area contributed by atoms with Gasteiger partial charge in [0.1, 0.15) is 6.10 Å². The van der Waals surface area contributed by atoms with Crippen LogP contribution in [0.25, 0.3) is 0 Å². The largest absolute Gasteiger partial charge is 0.368 e. The van der Waals surface area contributed by atoms with E-state index in [9.17, 15) is 9.59 Å². The molecule has 1 fully saturated rings. The fourth-order valence-electron chi connectivity index (χ4n) is 3.92. The van der Waals surface area contributed by atoms with E-state index in [1.54, 1.807) is 23.5 Å². The molecule has 2 N–H and O–H groups in total. The molecule has 0 aliphatic carbocycles. The van der Waals surface area contributed by atoms with E-state index in [0.717, 1.165) is 32.2 Å². The Morgan fingerprint density at radius 2 is 1.93 bits per heavy atom. The van der Waals surface area contributed by atoms with Crippen molar-refractivity contribution in [2.75, 3.05) is 23.8 Å². The number of thiophene rings is 1. The highest BCUT2D eigenvalue weighted by Gasteiger charge is 2.30. The lowest BCUT2D eigenvalue weighted by atomic mass is 9.98. The summed E-state index contributed by atoms with van der Waals surface area (Å²) in [6, 6.07) is 9.40. The molecule has 2 aromatic rings. The topological polar surface area (TPSA) is 70.7 Å². The summed E-state index contributed by atoms with van der Waals surface area (Å²) in [6.45, 7) is 3.49. The Morgan fingerprint density at radius 1 is 1.18 bits per heavy atom. The van der Waals surface area contributed by atoms with Crippen LogP contribution in [0.15, 0.2) is 35.7 Å². The minimum absolute atomic E-state index is 0.0835. The van der Waals surface area contributed by atoms with Crippen LogP contribution in [0.3, 0.4) is 0 Å². The fraction of sp³-hybridized carbons (Fsp3) is 0.429. The smallest absolute Gasteiger partial charge is 0.322 e. The van der Waals surface area contributed by atoms with Gasteiger partial charge in [-0.15, -0.1) is 11.3 Å². The number of benzene rings is 1. The lowest BCUT2D eigenvalue weighted by Gasteiger charge is -2.35. The minimum atomic E-state index is -0.355. The Kier molecular flexibility index (Phi) is 5.64. The lowest BCUT2D eigenvalue weighted by molar-refractivity contribution is -0.124. The minimum Gasteiger partial charge on any atom is -0.368 e. The summed E-state index contributed by atoms with van der Waals surface area (Å²) in [6.07, 6.45) is 3.13. The van der Waals surface area contributed by atoms with Crippen molar-refractivity contribution in [1.82, 2.24) is 4.90 Å². The molecule has 7 heteroatoms. The number of hydrogen-bond acceptors (Lipinski definition) is 4. The highest BCUT2D eigenvalue weighted by Crippen LogP contribution is 2.35. The number of carbonyl (C=O) groups is 2. The molecular weight excluding hydrogens is 374 g/mol. The fourth-order valence-corrected chi connectivity index (χ4v) is 4.85. The van der Waals surface area contributed by atoms with E-state index in [-0.39, 0.29) is 24.1 Å². The zero-order chi connectivity index (χ0) is 19.5. The van der Waals surface area contributed by atoms with Gasteiger partial charge in [-0.2, -0.15) is 0 Å². The molecule has 0 bridgehead atoms. The maximum atomic E-state index is 12.8. The van der Waals surface area contributed by atoms with E-state index in [0.29, 0.717) is 18.0 Å². The molecule has 1 saturated heterocycles. The predicted molar refractivity (Wildman–Crippen MR) is 111 cm³/mol. The van der Waals surface area contributed by atoms with Gasteiger partial charge in [0.25, 0.3) is 5.91 Å². The van der Waals surface area contributed by atoms with Crippen LogP contribution in [0.2, 0.25) is 0 Å². The van der Waals surface area contributed by atoms with Crippen molar-refractivity contribution in [3.63, 3.8) is 0 Å². The van der Waals surface area contributed by atoms with Crippen molar-refractivity contribution in [2.24, 2.45) is 0 Å². The number of fused-ring (bicyclic) bond motifs is 1. The number of carbonyl (C=O) groups excluding carboxylic acids is 2. The molecule has 3 amide bonds. The monoisotopic (exact) mass is 399 g/mol. The number of rotatable bonds is 4. The van der Waals surface area contributed by atoms with E-state index in [4.69, 9.17) is 4.74 Å². The van der Waals surface area contributed by atoms with Crippen molar-refractivity contribution in [3.05, 3.63) is 46.2 Å². The molecule has 28 heavy (non-hydrogen) atoms.